The van der Waals surface area contributed by atoms with Gasteiger partial charge < -0.3 is 10.1 Å². The van der Waals surface area contributed by atoms with Gasteiger partial charge >= 0.3 is 0 Å². The molecule has 1 saturated carbocycles. The lowest BCUT2D eigenvalue weighted by molar-refractivity contribution is -0.139. The van der Waals surface area contributed by atoms with Crippen molar-refractivity contribution < 1.29 is 14.3 Å². The number of ether oxygens (including phenoxy) is 1. The van der Waals surface area contributed by atoms with Crippen LogP contribution in [-0.2, 0) is 9.59 Å². The predicted octanol–water partition coefficient (Wildman–Crippen LogP) is 1.40. The fourth-order valence-electron chi connectivity index (χ4n) is 2.37. The maximum atomic E-state index is 12.1. The summed E-state index contributed by atoms with van der Waals surface area (Å²) in [5.41, 5.74) is 0.824. The highest BCUT2D eigenvalue weighted by molar-refractivity contribution is 6.07. The van der Waals surface area contributed by atoms with Crippen LogP contribution in [0.4, 0.5) is 5.69 Å². The fourth-order valence-corrected chi connectivity index (χ4v) is 2.37. The van der Waals surface area contributed by atoms with E-state index in [0.717, 1.165) is 24.3 Å². The average molecular weight is 260 g/mol. The van der Waals surface area contributed by atoms with Gasteiger partial charge in [0.1, 0.15) is 11.8 Å². The van der Waals surface area contributed by atoms with Crippen LogP contribution >= 0.6 is 0 Å². The molecule has 1 N–H and O–H groups in total. The third kappa shape index (κ3) is 2.28. The summed E-state index contributed by atoms with van der Waals surface area (Å²) in [6, 6.07) is 7.06. The van der Waals surface area contributed by atoms with E-state index in [1.165, 1.54) is 4.90 Å². The number of carbonyl (C=O) groups is 2. The van der Waals surface area contributed by atoms with E-state index in [1.807, 2.05) is 24.3 Å². The van der Waals surface area contributed by atoms with Gasteiger partial charge in [-0.05, 0) is 37.1 Å². The Kier molecular flexibility index (Phi) is 2.89. The maximum absolute atomic E-state index is 12.1. The predicted molar refractivity (Wildman–Crippen MR) is 69.9 cm³/mol. The van der Waals surface area contributed by atoms with Crippen molar-refractivity contribution in [1.82, 2.24) is 4.90 Å². The summed E-state index contributed by atoms with van der Waals surface area (Å²) in [4.78, 5) is 25.4. The zero-order chi connectivity index (χ0) is 13.4. The molecule has 1 atom stereocenters. The number of hydrogen-bond donors (Lipinski definition) is 1. The van der Waals surface area contributed by atoms with Crippen molar-refractivity contribution in [1.29, 1.82) is 0 Å². The molecule has 2 amide bonds. The van der Waals surface area contributed by atoms with Crippen molar-refractivity contribution in [3.05, 3.63) is 24.3 Å². The monoisotopic (exact) mass is 260 g/mol. The third-order valence-corrected chi connectivity index (χ3v) is 3.53. The van der Waals surface area contributed by atoms with Crippen molar-refractivity contribution in [2.24, 2.45) is 0 Å². The summed E-state index contributed by atoms with van der Waals surface area (Å²) in [6.07, 6.45) is 2.15. The van der Waals surface area contributed by atoms with Crippen LogP contribution < -0.4 is 10.1 Å². The Morgan fingerprint density at radius 3 is 2.47 bits per heavy atom. The number of anilines is 1. The average Bonchev–Trinajstić information content (AvgIpc) is 3.19. The number of imide groups is 1. The Bertz CT molecular complexity index is 508. The van der Waals surface area contributed by atoms with E-state index in [9.17, 15) is 9.59 Å². The first-order valence-electron chi connectivity index (χ1n) is 6.45. The first-order valence-corrected chi connectivity index (χ1v) is 6.45. The standard InChI is InChI=1S/C14H16N2O3/c1-19-11-6-2-9(3-7-11)15-12-8-13(17)16(14(12)18)10-4-5-10/h2-3,6-7,10,12,15H,4-5,8H2,1H3/t12-/m1/s1. The molecular weight excluding hydrogens is 244 g/mol. The van der Waals surface area contributed by atoms with Crippen LogP contribution in [0, 0.1) is 0 Å². The Labute approximate surface area is 111 Å². The Hall–Kier alpha value is -2.04. The van der Waals surface area contributed by atoms with Crippen LogP contribution in [0.2, 0.25) is 0 Å². The molecule has 0 spiro atoms. The summed E-state index contributed by atoms with van der Waals surface area (Å²) in [5.74, 6) is 0.612. The molecule has 1 aliphatic heterocycles. The zero-order valence-corrected chi connectivity index (χ0v) is 10.8. The van der Waals surface area contributed by atoms with E-state index < -0.39 is 6.04 Å². The maximum Gasteiger partial charge on any atom is 0.252 e. The van der Waals surface area contributed by atoms with E-state index in [0.29, 0.717) is 0 Å². The van der Waals surface area contributed by atoms with Crippen LogP contribution in [0.15, 0.2) is 24.3 Å². The fraction of sp³-hybridized carbons (Fsp3) is 0.429. The van der Waals surface area contributed by atoms with Gasteiger partial charge in [-0.1, -0.05) is 0 Å². The molecule has 100 valence electrons. The normalized spacial score (nSPS) is 22.8. The Morgan fingerprint density at radius 1 is 1.21 bits per heavy atom. The molecule has 2 aliphatic rings. The molecular formula is C14H16N2O3. The van der Waals surface area contributed by atoms with Gasteiger partial charge in [0.25, 0.3) is 5.91 Å². The number of nitrogens with zero attached hydrogens (tertiary/aromatic N) is 1. The summed E-state index contributed by atoms with van der Waals surface area (Å²) < 4.78 is 5.08. The number of hydrogen-bond acceptors (Lipinski definition) is 4. The van der Waals surface area contributed by atoms with Crippen molar-refractivity contribution in [2.45, 2.75) is 31.3 Å². The van der Waals surface area contributed by atoms with Crippen LogP contribution in [-0.4, -0.2) is 35.9 Å². The summed E-state index contributed by atoms with van der Waals surface area (Å²) >= 11 is 0. The number of carbonyl (C=O) groups excluding carboxylic acids is 2. The summed E-state index contributed by atoms with van der Waals surface area (Å²) in [5, 5.41) is 3.12. The van der Waals surface area contributed by atoms with Crippen LogP contribution in [0.3, 0.4) is 0 Å². The van der Waals surface area contributed by atoms with Crippen molar-refractivity contribution in [3.63, 3.8) is 0 Å². The van der Waals surface area contributed by atoms with Gasteiger partial charge in [0.15, 0.2) is 0 Å². The van der Waals surface area contributed by atoms with Crippen LogP contribution in [0.25, 0.3) is 0 Å². The Morgan fingerprint density at radius 2 is 1.89 bits per heavy atom. The van der Waals surface area contributed by atoms with Gasteiger partial charge in [-0.3, -0.25) is 14.5 Å². The van der Waals surface area contributed by atoms with Crippen molar-refractivity contribution in [2.75, 3.05) is 12.4 Å². The lowest BCUT2D eigenvalue weighted by Gasteiger charge is -2.15. The minimum absolute atomic E-state index is 0.0569. The largest absolute Gasteiger partial charge is 0.497 e. The first-order chi connectivity index (χ1) is 9.19. The highest BCUT2D eigenvalue weighted by atomic mass is 16.5. The van der Waals surface area contributed by atoms with Crippen LogP contribution in [0.5, 0.6) is 5.75 Å². The van der Waals surface area contributed by atoms with Gasteiger partial charge in [0, 0.05) is 11.7 Å². The molecule has 5 nitrogen and oxygen atoms in total. The lowest BCUT2D eigenvalue weighted by Crippen LogP contribution is -2.36. The molecule has 0 aromatic heterocycles. The van der Waals surface area contributed by atoms with Crippen LogP contribution in [0.1, 0.15) is 19.3 Å². The minimum Gasteiger partial charge on any atom is -0.497 e. The molecule has 1 aromatic carbocycles. The molecule has 0 unspecified atom stereocenters. The third-order valence-electron chi connectivity index (χ3n) is 3.53. The smallest absolute Gasteiger partial charge is 0.252 e. The van der Waals surface area contributed by atoms with Crippen molar-refractivity contribution >= 4 is 17.5 Å². The van der Waals surface area contributed by atoms with Gasteiger partial charge in [0.2, 0.25) is 5.91 Å². The van der Waals surface area contributed by atoms with Gasteiger partial charge in [-0.2, -0.15) is 0 Å². The van der Waals surface area contributed by atoms with E-state index in [4.69, 9.17) is 4.74 Å². The second-order valence-electron chi connectivity index (χ2n) is 4.96. The molecule has 1 aliphatic carbocycles. The molecule has 1 aromatic rings. The van der Waals surface area contributed by atoms with E-state index in [-0.39, 0.29) is 24.3 Å². The highest BCUT2D eigenvalue weighted by Gasteiger charge is 2.45. The molecule has 0 bridgehead atoms. The van der Waals surface area contributed by atoms with E-state index in [2.05, 4.69) is 5.32 Å². The molecule has 1 heterocycles. The number of likely N-dealkylation sites (tertiary alicyclic amines) is 1. The van der Waals surface area contributed by atoms with E-state index >= 15 is 0 Å². The summed E-state index contributed by atoms with van der Waals surface area (Å²) in [7, 11) is 1.61. The number of benzene rings is 1. The van der Waals surface area contributed by atoms with Gasteiger partial charge in [-0.25, -0.2) is 0 Å². The SMILES string of the molecule is COc1ccc(N[C@@H]2CC(=O)N(C3CC3)C2=O)cc1. The second kappa shape index (κ2) is 4.57. The molecule has 3 rings (SSSR count). The molecule has 5 heteroatoms. The first kappa shape index (κ1) is 12.0. The number of amides is 2. The number of rotatable bonds is 4. The minimum atomic E-state index is -0.429. The van der Waals surface area contributed by atoms with Gasteiger partial charge in [0.05, 0.1) is 13.5 Å². The molecule has 1 saturated heterocycles. The van der Waals surface area contributed by atoms with Crippen molar-refractivity contribution in [3.8, 4) is 5.75 Å². The molecule has 19 heavy (non-hydrogen) atoms. The number of methoxy groups -OCH3 is 1. The number of nitrogens with one attached hydrogen (secondary N) is 1. The highest BCUT2D eigenvalue weighted by Crippen LogP contribution is 2.32. The van der Waals surface area contributed by atoms with E-state index in [1.54, 1.807) is 7.11 Å². The second-order valence-corrected chi connectivity index (χ2v) is 4.96. The Balaban J connectivity index is 1.69. The molecule has 0 radical (unpaired) electrons. The zero-order valence-electron chi connectivity index (χ0n) is 10.8. The topological polar surface area (TPSA) is 58.6 Å². The quantitative estimate of drug-likeness (QED) is 0.831. The van der Waals surface area contributed by atoms with Gasteiger partial charge in [-0.15, -0.1) is 0 Å². The lowest BCUT2D eigenvalue weighted by atomic mass is 10.2. The summed E-state index contributed by atoms with van der Waals surface area (Å²) in [6.45, 7) is 0. The molecule has 2 fully saturated rings.